The molecule has 0 atom stereocenters. The summed E-state index contributed by atoms with van der Waals surface area (Å²) in [6.07, 6.45) is 7.65. The molecule has 0 saturated heterocycles. The Kier molecular flexibility index (Phi) is 3.22. The molecule has 1 aliphatic rings. The highest BCUT2D eigenvalue weighted by Crippen LogP contribution is 2.27. The number of aryl methyl sites for hydroxylation is 1. The molecule has 86 valence electrons. The van der Waals surface area contributed by atoms with Crippen molar-refractivity contribution in [2.24, 2.45) is 0 Å². The minimum atomic E-state index is 0.619. The van der Waals surface area contributed by atoms with Gasteiger partial charge in [0, 0.05) is 24.8 Å². The molecule has 2 rings (SSSR count). The number of carbonyl (C=O) groups is 1. The molecule has 1 aromatic rings. The van der Waals surface area contributed by atoms with Gasteiger partial charge in [0.2, 0.25) is 0 Å². The number of nitrogens with zero attached hydrogens (tertiary/aromatic N) is 2. The minimum Gasteiger partial charge on any atom is -0.356 e. The molecule has 0 radical (unpaired) electrons. The monoisotopic (exact) mass is 218 g/mol. The van der Waals surface area contributed by atoms with Gasteiger partial charge in [-0.2, -0.15) is 0 Å². The zero-order chi connectivity index (χ0) is 11.5. The van der Waals surface area contributed by atoms with Crippen molar-refractivity contribution in [2.75, 3.05) is 11.9 Å². The van der Waals surface area contributed by atoms with Gasteiger partial charge in [0.25, 0.3) is 0 Å². The van der Waals surface area contributed by atoms with E-state index in [1.165, 1.54) is 25.7 Å². The fraction of sp³-hybridized carbons (Fsp3) is 0.538. The Hall–Kier alpha value is -1.38. The molecule has 3 nitrogen and oxygen atoms in total. The van der Waals surface area contributed by atoms with E-state index in [9.17, 15) is 4.79 Å². The van der Waals surface area contributed by atoms with Gasteiger partial charge in [-0.15, -0.1) is 0 Å². The van der Waals surface area contributed by atoms with Crippen LogP contribution in [0.25, 0.3) is 0 Å². The lowest BCUT2D eigenvalue weighted by atomic mass is 10.1. The second-order valence-electron chi connectivity index (χ2n) is 4.58. The predicted octanol–water partition coefficient (Wildman–Crippen LogP) is 2.58. The summed E-state index contributed by atoms with van der Waals surface area (Å²) in [6.45, 7) is 2.01. The van der Waals surface area contributed by atoms with Crippen LogP contribution < -0.4 is 4.90 Å². The molecule has 0 unspecified atom stereocenters. The number of aldehydes is 1. The van der Waals surface area contributed by atoms with Gasteiger partial charge in [-0.05, 0) is 31.4 Å². The minimum absolute atomic E-state index is 0.619. The van der Waals surface area contributed by atoms with Crippen molar-refractivity contribution >= 4 is 12.1 Å². The predicted molar refractivity (Wildman–Crippen MR) is 65.0 cm³/mol. The number of rotatable bonds is 3. The third kappa shape index (κ3) is 2.08. The molecule has 0 amide bonds. The first-order valence-electron chi connectivity index (χ1n) is 5.87. The molecule has 1 saturated carbocycles. The first kappa shape index (κ1) is 11.1. The van der Waals surface area contributed by atoms with Gasteiger partial charge in [-0.1, -0.05) is 12.8 Å². The Bertz CT molecular complexity index is 384. The number of hydrogen-bond acceptors (Lipinski definition) is 3. The van der Waals surface area contributed by atoms with Crippen LogP contribution in [0.4, 0.5) is 5.82 Å². The van der Waals surface area contributed by atoms with E-state index in [0.29, 0.717) is 11.6 Å². The Morgan fingerprint density at radius 3 is 2.69 bits per heavy atom. The van der Waals surface area contributed by atoms with Crippen LogP contribution in [0, 0.1) is 6.92 Å². The van der Waals surface area contributed by atoms with Crippen molar-refractivity contribution in [1.29, 1.82) is 0 Å². The van der Waals surface area contributed by atoms with Gasteiger partial charge in [0.1, 0.15) is 5.82 Å². The number of aromatic nitrogens is 1. The zero-order valence-corrected chi connectivity index (χ0v) is 9.94. The Labute approximate surface area is 96.5 Å². The van der Waals surface area contributed by atoms with Crippen molar-refractivity contribution in [3.8, 4) is 0 Å². The Morgan fingerprint density at radius 2 is 2.12 bits per heavy atom. The van der Waals surface area contributed by atoms with Gasteiger partial charge < -0.3 is 4.90 Å². The highest BCUT2D eigenvalue weighted by molar-refractivity contribution is 5.75. The maximum absolute atomic E-state index is 10.6. The molecule has 3 heteroatoms. The van der Waals surface area contributed by atoms with Gasteiger partial charge in [-0.25, -0.2) is 4.98 Å². The summed E-state index contributed by atoms with van der Waals surface area (Å²) in [5.74, 6) is 1.01. The smallest absolute Gasteiger partial charge is 0.151 e. The van der Waals surface area contributed by atoms with Gasteiger partial charge in [0.05, 0.1) is 0 Å². The molecule has 0 N–H and O–H groups in total. The maximum atomic E-state index is 10.6. The molecule has 0 spiro atoms. The summed E-state index contributed by atoms with van der Waals surface area (Å²) in [7, 11) is 2.10. The van der Waals surface area contributed by atoms with E-state index in [1.54, 1.807) is 6.20 Å². The lowest BCUT2D eigenvalue weighted by Crippen LogP contribution is -2.30. The lowest BCUT2D eigenvalue weighted by Gasteiger charge is -2.26. The van der Waals surface area contributed by atoms with Crippen molar-refractivity contribution in [3.05, 3.63) is 23.4 Å². The van der Waals surface area contributed by atoms with E-state index in [1.807, 2.05) is 13.0 Å². The summed E-state index contributed by atoms with van der Waals surface area (Å²) in [5.41, 5.74) is 1.74. The average Bonchev–Trinajstić information content (AvgIpc) is 2.81. The highest BCUT2D eigenvalue weighted by Gasteiger charge is 2.21. The number of hydrogen-bond donors (Lipinski definition) is 0. The van der Waals surface area contributed by atoms with E-state index in [2.05, 4.69) is 16.9 Å². The maximum Gasteiger partial charge on any atom is 0.151 e. The number of pyridine rings is 1. The topological polar surface area (TPSA) is 33.2 Å². The molecular weight excluding hydrogens is 200 g/mol. The van der Waals surface area contributed by atoms with Crippen molar-refractivity contribution < 1.29 is 4.79 Å². The largest absolute Gasteiger partial charge is 0.356 e. The number of carbonyl (C=O) groups excluding carboxylic acids is 1. The molecule has 1 fully saturated rings. The van der Waals surface area contributed by atoms with Crippen LogP contribution in [0.1, 0.15) is 41.6 Å². The molecule has 1 aliphatic carbocycles. The van der Waals surface area contributed by atoms with Gasteiger partial charge in [-0.3, -0.25) is 4.79 Å². The summed E-state index contributed by atoms with van der Waals surface area (Å²) in [5, 5.41) is 0. The van der Waals surface area contributed by atoms with Crippen LogP contribution in [-0.2, 0) is 0 Å². The first-order chi connectivity index (χ1) is 7.72. The highest BCUT2D eigenvalue weighted by atomic mass is 16.1. The van der Waals surface area contributed by atoms with Gasteiger partial charge in [0.15, 0.2) is 6.29 Å². The molecule has 1 aromatic heterocycles. The molecule has 0 aliphatic heterocycles. The summed E-state index contributed by atoms with van der Waals surface area (Å²) in [6, 6.07) is 2.52. The standard InChI is InChI=1S/C13H18N2O/c1-10-7-11(9-16)8-14-13(10)15(2)12-5-3-4-6-12/h7-9,12H,3-6H2,1-2H3. The zero-order valence-electron chi connectivity index (χ0n) is 9.94. The van der Waals surface area contributed by atoms with Crippen molar-refractivity contribution in [1.82, 2.24) is 4.98 Å². The third-order valence-electron chi connectivity index (χ3n) is 3.41. The molecular formula is C13H18N2O. The second kappa shape index (κ2) is 4.64. The molecule has 16 heavy (non-hydrogen) atoms. The number of anilines is 1. The average molecular weight is 218 g/mol. The normalized spacial score (nSPS) is 16.4. The van der Waals surface area contributed by atoms with E-state index in [0.717, 1.165) is 17.7 Å². The fourth-order valence-electron chi connectivity index (χ4n) is 2.49. The van der Waals surface area contributed by atoms with Crippen LogP contribution in [0.2, 0.25) is 0 Å². The molecule has 1 heterocycles. The van der Waals surface area contributed by atoms with E-state index < -0.39 is 0 Å². The van der Waals surface area contributed by atoms with Gasteiger partial charge >= 0.3 is 0 Å². The molecule has 0 aromatic carbocycles. The quantitative estimate of drug-likeness (QED) is 0.731. The van der Waals surface area contributed by atoms with Crippen LogP contribution in [0.5, 0.6) is 0 Å². The summed E-state index contributed by atoms with van der Waals surface area (Å²) >= 11 is 0. The van der Waals surface area contributed by atoms with E-state index in [-0.39, 0.29) is 0 Å². The van der Waals surface area contributed by atoms with Crippen molar-refractivity contribution in [3.63, 3.8) is 0 Å². The third-order valence-corrected chi connectivity index (χ3v) is 3.41. The first-order valence-corrected chi connectivity index (χ1v) is 5.87. The molecule has 0 bridgehead atoms. The van der Waals surface area contributed by atoms with E-state index in [4.69, 9.17) is 0 Å². The second-order valence-corrected chi connectivity index (χ2v) is 4.58. The van der Waals surface area contributed by atoms with E-state index >= 15 is 0 Å². The van der Waals surface area contributed by atoms with Crippen LogP contribution in [0.3, 0.4) is 0 Å². The SMILES string of the molecule is Cc1cc(C=O)cnc1N(C)C1CCCC1. The summed E-state index contributed by atoms with van der Waals surface area (Å²) < 4.78 is 0. The Morgan fingerprint density at radius 1 is 1.44 bits per heavy atom. The van der Waals surface area contributed by atoms with Crippen LogP contribution >= 0.6 is 0 Å². The Balaban J connectivity index is 2.22. The lowest BCUT2D eigenvalue weighted by molar-refractivity contribution is 0.112. The van der Waals surface area contributed by atoms with Crippen molar-refractivity contribution in [2.45, 2.75) is 38.6 Å². The summed E-state index contributed by atoms with van der Waals surface area (Å²) in [4.78, 5) is 17.3. The fourth-order valence-corrected chi connectivity index (χ4v) is 2.49. The van der Waals surface area contributed by atoms with Crippen LogP contribution in [-0.4, -0.2) is 24.4 Å². The van der Waals surface area contributed by atoms with Crippen LogP contribution in [0.15, 0.2) is 12.3 Å².